The van der Waals surface area contributed by atoms with Gasteiger partial charge in [0.2, 0.25) is 0 Å². The number of rotatable bonds is 6. The minimum absolute atomic E-state index is 0.00668. The molecule has 4 aromatic rings. The molecule has 1 unspecified atom stereocenters. The number of carbonyl (C=O) groups is 1. The highest BCUT2D eigenvalue weighted by molar-refractivity contribution is 6.31. The maximum atomic E-state index is 14.5. The number of amides is 1. The molecule has 1 aliphatic rings. The summed E-state index contributed by atoms with van der Waals surface area (Å²) in [4.78, 5) is 27.3. The van der Waals surface area contributed by atoms with Gasteiger partial charge in [0.1, 0.15) is 18.2 Å². The quantitative estimate of drug-likeness (QED) is 0.381. The van der Waals surface area contributed by atoms with E-state index >= 15 is 0 Å². The van der Waals surface area contributed by atoms with E-state index in [2.05, 4.69) is 20.3 Å². The number of halogens is 2. The predicted octanol–water partition coefficient (Wildman–Crippen LogP) is 5.25. The van der Waals surface area contributed by atoms with Crippen LogP contribution in [-0.2, 0) is 0 Å². The number of methoxy groups -OCH3 is 1. The van der Waals surface area contributed by atoms with Gasteiger partial charge in [-0.05, 0) is 43.2 Å². The van der Waals surface area contributed by atoms with Gasteiger partial charge in [0.25, 0.3) is 5.91 Å². The molecule has 1 atom stereocenters. The Morgan fingerprint density at radius 3 is 2.81 bits per heavy atom. The Kier molecular flexibility index (Phi) is 6.81. The summed E-state index contributed by atoms with van der Waals surface area (Å²) in [5.41, 5.74) is 1.38. The van der Waals surface area contributed by atoms with Crippen LogP contribution in [-0.4, -0.2) is 52.1 Å². The number of aromatic nitrogens is 3. The van der Waals surface area contributed by atoms with Crippen molar-refractivity contribution < 1.29 is 18.7 Å². The van der Waals surface area contributed by atoms with E-state index in [-0.39, 0.29) is 22.7 Å². The van der Waals surface area contributed by atoms with Crippen LogP contribution < -0.4 is 14.8 Å². The Balaban J connectivity index is 1.42. The highest BCUT2D eigenvalue weighted by atomic mass is 35.5. The summed E-state index contributed by atoms with van der Waals surface area (Å²) in [6.07, 6.45) is 5.95. The van der Waals surface area contributed by atoms with E-state index in [0.29, 0.717) is 46.9 Å². The fraction of sp³-hybridized carbons (Fsp3) is 0.231. The highest BCUT2D eigenvalue weighted by Crippen LogP contribution is 2.36. The average Bonchev–Trinajstić information content (AvgIpc) is 2.91. The summed E-state index contributed by atoms with van der Waals surface area (Å²) in [6, 6.07) is 11.6. The van der Waals surface area contributed by atoms with Crippen molar-refractivity contribution >= 4 is 39.9 Å². The molecule has 1 N–H and O–H groups in total. The van der Waals surface area contributed by atoms with Crippen LogP contribution in [0, 0.1) is 5.82 Å². The van der Waals surface area contributed by atoms with Crippen LogP contribution in [0.15, 0.2) is 61.2 Å². The lowest BCUT2D eigenvalue weighted by Gasteiger charge is -2.33. The number of hydrogen-bond acceptors (Lipinski definition) is 7. The summed E-state index contributed by atoms with van der Waals surface area (Å²) in [5.74, 6) is 0.750. The summed E-state index contributed by atoms with van der Waals surface area (Å²) in [5, 5.41) is 3.62. The number of ether oxygens (including phenoxy) is 2. The summed E-state index contributed by atoms with van der Waals surface area (Å²) >= 11 is 5.93. The Labute approximate surface area is 212 Å². The molecular weight excluding hydrogens is 485 g/mol. The molecule has 10 heteroatoms. The zero-order valence-electron chi connectivity index (χ0n) is 19.4. The molecule has 2 aromatic carbocycles. The van der Waals surface area contributed by atoms with E-state index < -0.39 is 5.82 Å². The fourth-order valence-corrected chi connectivity index (χ4v) is 4.39. The van der Waals surface area contributed by atoms with E-state index in [0.717, 1.165) is 12.8 Å². The third-order valence-electron chi connectivity index (χ3n) is 6.01. The number of benzene rings is 2. The molecule has 8 nitrogen and oxygen atoms in total. The SMILES string of the molecule is COc1cc2ncnc(Nc3cccc(Cl)c3F)c2cc1OC1CCCN(C(=O)c2ccncc2)C1. The number of likely N-dealkylation sites (tertiary alicyclic amines) is 1. The van der Waals surface area contributed by atoms with E-state index in [1.54, 1.807) is 60.8 Å². The normalized spacial score (nSPS) is 15.5. The first kappa shape index (κ1) is 23.7. The van der Waals surface area contributed by atoms with Crippen LogP contribution in [0.5, 0.6) is 11.5 Å². The van der Waals surface area contributed by atoms with Crippen molar-refractivity contribution in [2.75, 3.05) is 25.5 Å². The Morgan fingerprint density at radius 2 is 2.00 bits per heavy atom. The topological polar surface area (TPSA) is 89.5 Å². The molecule has 1 amide bonds. The smallest absolute Gasteiger partial charge is 0.254 e. The molecule has 1 saturated heterocycles. The van der Waals surface area contributed by atoms with Crippen LogP contribution in [0.4, 0.5) is 15.9 Å². The minimum Gasteiger partial charge on any atom is -0.493 e. The summed E-state index contributed by atoms with van der Waals surface area (Å²) in [7, 11) is 1.55. The maximum absolute atomic E-state index is 14.5. The van der Waals surface area contributed by atoms with Gasteiger partial charge < -0.3 is 19.7 Å². The second-order valence-electron chi connectivity index (χ2n) is 8.34. The number of anilines is 2. The Morgan fingerprint density at radius 1 is 1.17 bits per heavy atom. The van der Waals surface area contributed by atoms with Gasteiger partial charge in [-0.25, -0.2) is 14.4 Å². The first-order chi connectivity index (χ1) is 17.5. The number of hydrogen-bond donors (Lipinski definition) is 1. The first-order valence-electron chi connectivity index (χ1n) is 11.4. The second kappa shape index (κ2) is 10.3. The van der Waals surface area contributed by atoms with Gasteiger partial charge in [0, 0.05) is 36.0 Å². The van der Waals surface area contributed by atoms with Crippen molar-refractivity contribution in [1.82, 2.24) is 19.9 Å². The molecule has 5 rings (SSSR count). The van der Waals surface area contributed by atoms with E-state index in [4.69, 9.17) is 21.1 Å². The van der Waals surface area contributed by atoms with Gasteiger partial charge in [-0.2, -0.15) is 0 Å². The highest BCUT2D eigenvalue weighted by Gasteiger charge is 2.27. The van der Waals surface area contributed by atoms with Gasteiger partial charge >= 0.3 is 0 Å². The molecule has 3 heterocycles. The van der Waals surface area contributed by atoms with Gasteiger partial charge in [0.05, 0.1) is 29.9 Å². The lowest BCUT2D eigenvalue weighted by molar-refractivity contribution is 0.0532. The van der Waals surface area contributed by atoms with Gasteiger partial charge in [-0.15, -0.1) is 0 Å². The monoisotopic (exact) mass is 507 g/mol. The molecule has 1 aliphatic heterocycles. The fourth-order valence-electron chi connectivity index (χ4n) is 4.22. The molecule has 36 heavy (non-hydrogen) atoms. The van der Waals surface area contributed by atoms with Crippen LogP contribution >= 0.6 is 11.6 Å². The maximum Gasteiger partial charge on any atom is 0.254 e. The van der Waals surface area contributed by atoms with Gasteiger partial charge in [-0.3, -0.25) is 9.78 Å². The Hall–Kier alpha value is -3.98. The van der Waals surface area contributed by atoms with E-state index in [1.165, 1.54) is 12.4 Å². The number of carbonyl (C=O) groups excluding carboxylic acids is 1. The lowest BCUT2D eigenvalue weighted by atomic mass is 10.1. The first-order valence-corrected chi connectivity index (χ1v) is 11.8. The van der Waals surface area contributed by atoms with Crippen LogP contribution in [0.3, 0.4) is 0 Å². The standard InChI is InChI=1S/C26H23ClFN5O3/c1-35-22-13-21-18(25(31-15-30-21)32-20-6-2-5-19(27)24(20)28)12-23(22)36-17-4-3-11-33(14-17)26(34)16-7-9-29-10-8-16/h2,5-10,12-13,15,17H,3-4,11,14H2,1H3,(H,30,31,32). The molecule has 184 valence electrons. The zero-order chi connectivity index (χ0) is 25.1. The zero-order valence-corrected chi connectivity index (χ0v) is 20.2. The molecule has 0 aliphatic carbocycles. The van der Waals surface area contributed by atoms with Crippen LogP contribution in [0.1, 0.15) is 23.2 Å². The second-order valence-corrected chi connectivity index (χ2v) is 8.75. The van der Waals surface area contributed by atoms with Crippen molar-refractivity contribution in [2.45, 2.75) is 18.9 Å². The molecule has 0 bridgehead atoms. The Bertz CT molecular complexity index is 1410. The number of piperidine rings is 1. The van der Waals surface area contributed by atoms with Crippen LogP contribution in [0.2, 0.25) is 5.02 Å². The third kappa shape index (κ3) is 4.87. The van der Waals surface area contributed by atoms with Crippen molar-refractivity contribution in [1.29, 1.82) is 0 Å². The van der Waals surface area contributed by atoms with Crippen molar-refractivity contribution in [3.8, 4) is 11.5 Å². The average molecular weight is 508 g/mol. The number of fused-ring (bicyclic) bond motifs is 1. The number of nitrogens with zero attached hydrogens (tertiary/aromatic N) is 4. The van der Waals surface area contributed by atoms with Crippen molar-refractivity contribution in [3.63, 3.8) is 0 Å². The largest absolute Gasteiger partial charge is 0.493 e. The molecule has 0 spiro atoms. The van der Waals surface area contributed by atoms with E-state index in [9.17, 15) is 9.18 Å². The molecule has 0 saturated carbocycles. The number of nitrogens with one attached hydrogen (secondary N) is 1. The number of pyridine rings is 1. The predicted molar refractivity (Wildman–Crippen MR) is 135 cm³/mol. The van der Waals surface area contributed by atoms with Gasteiger partial charge in [0.15, 0.2) is 17.3 Å². The van der Waals surface area contributed by atoms with E-state index in [1.807, 2.05) is 0 Å². The molecule has 1 fully saturated rings. The van der Waals surface area contributed by atoms with Gasteiger partial charge in [-0.1, -0.05) is 17.7 Å². The van der Waals surface area contributed by atoms with Crippen molar-refractivity contribution in [2.24, 2.45) is 0 Å². The molecular formula is C26H23ClFN5O3. The van der Waals surface area contributed by atoms with Crippen LogP contribution in [0.25, 0.3) is 10.9 Å². The third-order valence-corrected chi connectivity index (χ3v) is 6.30. The molecule has 2 aromatic heterocycles. The summed E-state index contributed by atoms with van der Waals surface area (Å²) in [6.45, 7) is 1.09. The van der Waals surface area contributed by atoms with Crippen molar-refractivity contribution in [3.05, 3.63) is 77.6 Å². The minimum atomic E-state index is -0.572. The molecule has 0 radical (unpaired) electrons. The lowest BCUT2D eigenvalue weighted by Crippen LogP contribution is -2.44. The summed E-state index contributed by atoms with van der Waals surface area (Å²) < 4.78 is 26.4.